The Labute approximate surface area is 186 Å². The van der Waals surface area contributed by atoms with Crippen LogP contribution in [0, 0.1) is 41.4 Å². The van der Waals surface area contributed by atoms with Crippen molar-refractivity contribution in [1.82, 2.24) is 0 Å². The minimum absolute atomic E-state index is 0.242. The minimum Gasteiger partial charge on any atom is -0.378 e. The van der Waals surface area contributed by atoms with Crippen molar-refractivity contribution in [2.75, 3.05) is 7.11 Å². The molecule has 0 N–H and O–H groups in total. The molecule has 0 aromatic heterocycles. The van der Waals surface area contributed by atoms with Gasteiger partial charge in [0.2, 0.25) is 0 Å². The molecule has 5 heteroatoms. The van der Waals surface area contributed by atoms with Crippen LogP contribution >= 0.6 is 0 Å². The average Bonchev–Trinajstić information content (AvgIpc) is 2.79. The molecule has 4 rings (SSSR count). The van der Waals surface area contributed by atoms with Crippen molar-refractivity contribution in [2.45, 2.75) is 115 Å². The predicted molar refractivity (Wildman–Crippen MR) is 116 cm³/mol. The largest absolute Gasteiger partial charge is 0.378 e. The van der Waals surface area contributed by atoms with Gasteiger partial charge in [-0.25, -0.2) is 17.6 Å². The highest BCUT2D eigenvalue weighted by Gasteiger charge is 2.51. The first-order chi connectivity index (χ1) is 14.9. The molecule has 4 aliphatic rings. The molecule has 4 saturated carbocycles. The molecule has 1 nitrogen and oxygen atoms in total. The van der Waals surface area contributed by atoms with Crippen LogP contribution in [0.1, 0.15) is 84.0 Å². The second-order valence-corrected chi connectivity index (χ2v) is 11.4. The van der Waals surface area contributed by atoms with Crippen molar-refractivity contribution >= 4 is 0 Å². The molecule has 0 bridgehead atoms. The number of alkyl halides is 4. The Kier molecular flexibility index (Phi) is 7.92. The van der Waals surface area contributed by atoms with Crippen LogP contribution in [0.15, 0.2) is 0 Å². The maximum atomic E-state index is 15.3. The Morgan fingerprint density at radius 2 is 0.903 bits per heavy atom. The van der Waals surface area contributed by atoms with E-state index < -0.39 is 42.6 Å². The van der Waals surface area contributed by atoms with Crippen LogP contribution < -0.4 is 0 Å². The Morgan fingerprint density at radius 3 is 1.48 bits per heavy atom. The number of hydrogen-bond acceptors (Lipinski definition) is 1. The van der Waals surface area contributed by atoms with Crippen LogP contribution in [0.2, 0.25) is 0 Å². The molecule has 0 radical (unpaired) electrons. The molecular weight excluding hydrogens is 404 g/mol. The standard InChI is InChI=1S/C26H42F4O/c1-15-3-5-16(6-4-15)17-7-9-18(10-8-17)19-11-12-20(24(28)23(19)27)21-13-14-22(31-2)26(30)25(21)29/h15-26H,3-14H2,1-2H3. The van der Waals surface area contributed by atoms with E-state index in [4.69, 9.17) is 4.74 Å². The zero-order valence-electron chi connectivity index (χ0n) is 19.3. The molecular formula is C26H42F4O. The SMILES string of the molecule is COC1CCC(C2CCC(C3CCC(C4CCC(C)CC4)CC3)C(F)C2F)C(F)C1F. The molecule has 8 unspecified atom stereocenters. The van der Waals surface area contributed by atoms with Gasteiger partial charge in [-0.15, -0.1) is 0 Å². The molecule has 4 aliphatic carbocycles. The fourth-order valence-electron chi connectivity index (χ4n) is 7.74. The van der Waals surface area contributed by atoms with Crippen molar-refractivity contribution in [3.8, 4) is 0 Å². The van der Waals surface area contributed by atoms with E-state index in [-0.39, 0.29) is 11.8 Å². The molecule has 0 spiro atoms. The molecule has 0 heterocycles. The lowest BCUT2D eigenvalue weighted by Crippen LogP contribution is -2.51. The maximum Gasteiger partial charge on any atom is 0.157 e. The predicted octanol–water partition coefficient (Wildman–Crippen LogP) is 7.42. The van der Waals surface area contributed by atoms with Gasteiger partial charge in [0.15, 0.2) is 6.17 Å². The topological polar surface area (TPSA) is 9.23 Å². The van der Waals surface area contributed by atoms with E-state index in [0.29, 0.717) is 25.7 Å². The third-order valence-electron chi connectivity index (χ3n) is 9.81. The highest BCUT2D eigenvalue weighted by molar-refractivity contribution is 4.99. The van der Waals surface area contributed by atoms with Crippen molar-refractivity contribution in [3.63, 3.8) is 0 Å². The normalized spacial score (nSPS) is 52.1. The summed E-state index contributed by atoms with van der Waals surface area (Å²) < 4.78 is 64.6. The monoisotopic (exact) mass is 446 g/mol. The quantitative estimate of drug-likeness (QED) is 0.408. The molecule has 31 heavy (non-hydrogen) atoms. The van der Waals surface area contributed by atoms with Crippen LogP contribution in [0.3, 0.4) is 0 Å². The van der Waals surface area contributed by atoms with Crippen LogP contribution in [-0.4, -0.2) is 37.9 Å². The summed E-state index contributed by atoms with van der Waals surface area (Å²) in [6.07, 6.45) is 4.14. The van der Waals surface area contributed by atoms with Crippen LogP contribution in [-0.2, 0) is 4.74 Å². The van der Waals surface area contributed by atoms with Crippen molar-refractivity contribution in [2.24, 2.45) is 41.4 Å². The maximum absolute atomic E-state index is 15.3. The number of ether oxygens (including phenoxy) is 1. The summed E-state index contributed by atoms with van der Waals surface area (Å²) in [7, 11) is 1.38. The van der Waals surface area contributed by atoms with E-state index in [1.54, 1.807) is 0 Å². The van der Waals surface area contributed by atoms with Gasteiger partial charge >= 0.3 is 0 Å². The fraction of sp³-hybridized carbons (Fsp3) is 1.00. The van der Waals surface area contributed by atoms with E-state index in [0.717, 1.165) is 43.4 Å². The smallest absolute Gasteiger partial charge is 0.157 e. The van der Waals surface area contributed by atoms with Gasteiger partial charge in [-0.05, 0) is 106 Å². The van der Waals surface area contributed by atoms with Gasteiger partial charge < -0.3 is 4.74 Å². The Bertz CT molecular complexity index is 558. The lowest BCUT2D eigenvalue weighted by molar-refractivity contribution is -0.0989. The minimum atomic E-state index is -1.75. The van der Waals surface area contributed by atoms with E-state index in [1.165, 1.54) is 32.8 Å². The fourth-order valence-corrected chi connectivity index (χ4v) is 7.74. The van der Waals surface area contributed by atoms with Gasteiger partial charge in [-0.1, -0.05) is 19.8 Å². The second-order valence-electron chi connectivity index (χ2n) is 11.4. The highest BCUT2D eigenvalue weighted by Crippen LogP contribution is 2.50. The van der Waals surface area contributed by atoms with Gasteiger partial charge in [-0.2, -0.15) is 0 Å². The summed E-state index contributed by atoms with van der Waals surface area (Å²) >= 11 is 0. The van der Waals surface area contributed by atoms with Gasteiger partial charge in [0.25, 0.3) is 0 Å². The summed E-state index contributed by atoms with van der Waals surface area (Å²) in [6, 6.07) is 0. The summed E-state index contributed by atoms with van der Waals surface area (Å²) in [4.78, 5) is 0. The molecule has 0 aromatic rings. The van der Waals surface area contributed by atoms with Crippen LogP contribution in [0.25, 0.3) is 0 Å². The van der Waals surface area contributed by atoms with E-state index in [9.17, 15) is 8.78 Å². The van der Waals surface area contributed by atoms with Gasteiger partial charge in [0.1, 0.15) is 18.5 Å². The van der Waals surface area contributed by atoms with Gasteiger partial charge in [-0.3, -0.25) is 0 Å². The first-order valence-electron chi connectivity index (χ1n) is 13.0. The Hall–Kier alpha value is -0.320. The Morgan fingerprint density at radius 1 is 0.484 bits per heavy atom. The molecule has 0 aromatic carbocycles. The zero-order chi connectivity index (χ0) is 22.1. The summed E-state index contributed by atoms with van der Waals surface area (Å²) in [5.41, 5.74) is 0. The third kappa shape index (κ3) is 4.96. The molecule has 8 atom stereocenters. The molecule has 180 valence electrons. The third-order valence-corrected chi connectivity index (χ3v) is 9.81. The summed E-state index contributed by atoms with van der Waals surface area (Å²) in [6.45, 7) is 2.35. The second kappa shape index (κ2) is 10.3. The summed E-state index contributed by atoms with van der Waals surface area (Å²) in [5, 5.41) is 0. The van der Waals surface area contributed by atoms with E-state index >= 15 is 8.78 Å². The van der Waals surface area contributed by atoms with E-state index in [2.05, 4.69) is 6.92 Å². The van der Waals surface area contributed by atoms with Crippen molar-refractivity contribution in [3.05, 3.63) is 0 Å². The molecule has 4 fully saturated rings. The number of halogens is 4. The highest BCUT2D eigenvalue weighted by atomic mass is 19.2. The average molecular weight is 447 g/mol. The van der Waals surface area contributed by atoms with Crippen LogP contribution in [0.4, 0.5) is 17.6 Å². The van der Waals surface area contributed by atoms with Crippen LogP contribution in [0.5, 0.6) is 0 Å². The zero-order valence-corrected chi connectivity index (χ0v) is 19.3. The lowest BCUT2D eigenvalue weighted by Gasteiger charge is -2.46. The summed E-state index contributed by atoms with van der Waals surface area (Å²) in [5.74, 6) is 1.06. The van der Waals surface area contributed by atoms with Crippen molar-refractivity contribution < 1.29 is 22.3 Å². The van der Waals surface area contributed by atoms with Gasteiger partial charge in [0.05, 0.1) is 6.10 Å². The molecule has 0 aliphatic heterocycles. The first-order valence-corrected chi connectivity index (χ1v) is 13.0. The van der Waals surface area contributed by atoms with Gasteiger partial charge in [0, 0.05) is 7.11 Å². The number of rotatable bonds is 4. The van der Waals surface area contributed by atoms with Crippen molar-refractivity contribution in [1.29, 1.82) is 0 Å². The molecule has 0 saturated heterocycles. The lowest BCUT2D eigenvalue weighted by atomic mass is 9.62. The number of hydrogen-bond donors (Lipinski definition) is 0. The Balaban J connectivity index is 1.30. The molecule has 0 amide bonds. The first kappa shape index (κ1) is 23.8. The number of methoxy groups -OCH3 is 1. The van der Waals surface area contributed by atoms with E-state index in [1.807, 2.05) is 0 Å².